The molecule has 148 valence electrons. The summed E-state index contributed by atoms with van der Waals surface area (Å²) in [5.41, 5.74) is 5.18. The minimum Gasteiger partial charge on any atom is -0.465 e. The molecule has 5 heteroatoms. The number of aromatic nitrogens is 3. The summed E-state index contributed by atoms with van der Waals surface area (Å²) in [7, 11) is 0. The molecule has 2 heterocycles. The predicted octanol–water partition coefficient (Wildman–Crippen LogP) is 5.00. The monoisotopic (exact) mass is 379 g/mol. The molecule has 5 nitrogen and oxygen atoms in total. The maximum Gasteiger partial charge on any atom is 0.315 e. The Kier molecular flexibility index (Phi) is 5.28. The fourth-order valence-electron chi connectivity index (χ4n) is 3.51. The molecule has 1 aromatic carbocycles. The lowest BCUT2D eigenvalue weighted by atomic mass is 9.84. The molecule has 0 fully saturated rings. The van der Waals surface area contributed by atoms with Gasteiger partial charge in [-0.05, 0) is 58.4 Å². The molecule has 2 aromatic heterocycles. The van der Waals surface area contributed by atoms with E-state index in [1.807, 2.05) is 46.8 Å². The van der Waals surface area contributed by atoms with Crippen LogP contribution in [-0.4, -0.2) is 27.1 Å². The van der Waals surface area contributed by atoms with Crippen LogP contribution in [0.5, 0.6) is 0 Å². The molecule has 0 unspecified atom stereocenters. The van der Waals surface area contributed by atoms with Gasteiger partial charge in [0, 0.05) is 17.3 Å². The smallest absolute Gasteiger partial charge is 0.315 e. The van der Waals surface area contributed by atoms with Crippen LogP contribution in [0.4, 0.5) is 0 Å². The van der Waals surface area contributed by atoms with Gasteiger partial charge in [-0.15, -0.1) is 0 Å². The maximum atomic E-state index is 12.3. The van der Waals surface area contributed by atoms with Gasteiger partial charge in [0.25, 0.3) is 0 Å². The first-order valence-corrected chi connectivity index (χ1v) is 9.81. The van der Waals surface area contributed by atoms with Crippen LogP contribution in [0.3, 0.4) is 0 Å². The van der Waals surface area contributed by atoms with Gasteiger partial charge in [-0.2, -0.15) is 0 Å². The fourth-order valence-corrected chi connectivity index (χ4v) is 3.51. The first kappa shape index (κ1) is 20.1. The van der Waals surface area contributed by atoms with Crippen molar-refractivity contribution in [3.63, 3.8) is 0 Å². The number of aryl methyl sites for hydroxylation is 2. The van der Waals surface area contributed by atoms with E-state index in [2.05, 4.69) is 41.6 Å². The second-order valence-electron chi connectivity index (χ2n) is 8.07. The van der Waals surface area contributed by atoms with Gasteiger partial charge in [-0.1, -0.05) is 26.0 Å². The van der Waals surface area contributed by atoms with Gasteiger partial charge in [-0.25, -0.2) is 4.98 Å². The highest BCUT2D eigenvalue weighted by atomic mass is 16.5. The van der Waals surface area contributed by atoms with E-state index in [1.54, 1.807) is 0 Å². The summed E-state index contributed by atoms with van der Waals surface area (Å²) in [6.45, 7) is 14.3. The van der Waals surface area contributed by atoms with E-state index in [9.17, 15) is 4.79 Å². The third-order valence-electron chi connectivity index (χ3n) is 5.12. The molecular formula is C23H29N3O2. The predicted molar refractivity (Wildman–Crippen MR) is 112 cm³/mol. The molecule has 0 amide bonds. The number of ether oxygens (including phenoxy) is 1. The number of carbonyl (C=O) groups is 1. The highest BCUT2D eigenvalue weighted by Gasteiger charge is 2.31. The Bertz CT molecular complexity index is 1010. The van der Waals surface area contributed by atoms with Gasteiger partial charge in [0.1, 0.15) is 11.3 Å². The fraction of sp³-hybridized carbons (Fsp3) is 0.435. The topological polar surface area (TPSA) is 57.0 Å². The van der Waals surface area contributed by atoms with Crippen LogP contribution in [-0.2, 0) is 14.9 Å². The Morgan fingerprint density at radius 3 is 2.36 bits per heavy atom. The highest BCUT2D eigenvalue weighted by Crippen LogP contribution is 2.30. The van der Waals surface area contributed by atoms with Gasteiger partial charge in [-0.3, -0.25) is 14.3 Å². The number of fused-ring (bicyclic) bond motifs is 1. The maximum absolute atomic E-state index is 12.3. The first-order chi connectivity index (χ1) is 13.2. The number of hydrogen-bond donors (Lipinski definition) is 0. The minimum atomic E-state index is -0.691. The lowest BCUT2D eigenvalue weighted by Gasteiger charge is -2.23. The molecule has 0 bridgehead atoms. The number of benzene rings is 1. The number of carbonyl (C=O) groups excluding carboxylic acids is 1. The highest BCUT2D eigenvalue weighted by molar-refractivity contribution is 5.83. The average molecular weight is 380 g/mol. The summed E-state index contributed by atoms with van der Waals surface area (Å²) < 4.78 is 7.43. The van der Waals surface area contributed by atoms with E-state index < -0.39 is 5.41 Å². The largest absolute Gasteiger partial charge is 0.465 e. The summed E-state index contributed by atoms with van der Waals surface area (Å²) in [6.07, 6.45) is 0. The van der Waals surface area contributed by atoms with Crippen molar-refractivity contribution in [3.05, 3.63) is 53.1 Å². The van der Waals surface area contributed by atoms with Crippen LogP contribution in [0.2, 0.25) is 0 Å². The Hall–Kier alpha value is -2.69. The van der Waals surface area contributed by atoms with E-state index in [4.69, 9.17) is 9.72 Å². The van der Waals surface area contributed by atoms with Crippen LogP contribution >= 0.6 is 0 Å². The molecular weight excluding hydrogens is 350 g/mol. The average Bonchev–Trinajstić information content (AvgIpc) is 3.02. The Labute approximate surface area is 166 Å². The Morgan fingerprint density at radius 2 is 1.79 bits per heavy atom. The van der Waals surface area contributed by atoms with Crippen LogP contribution in [0.15, 0.2) is 30.3 Å². The van der Waals surface area contributed by atoms with E-state index in [0.29, 0.717) is 6.61 Å². The summed E-state index contributed by atoms with van der Waals surface area (Å²) in [5, 5.41) is 0. The number of hydrogen-bond acceptors (Lipinski definition) is 4. The second kappa shape index (κ2) is 7.38. The van der Waals surface area contributed by atoms with E-state index >= 15 is 0 Å². The van der Waals surface area contributed by atoms with Crippen LogP contribution in [0.1, 0.15) is 63.3 Å². The molecule has 0 N–H and O–H groups in total. The molecule has 28 heavy (non-hydrogen) atoms. The minimum absolute atomic E-state index is 0.212. The molecule has 0 aliphatic carbocycles. The van der Waals surface area contributed by atoms with E-state index in [1.165, 1.54) is 0 Å². The molecule has 0 spiro atoms. The molecule has 0 radical (unpaired) electrons. The number of rotatable bonds is 5. The molecule has 0 saturated heterocycles. The van der Waals surface area contributed by atoms with Crippen molar-refractivity contribution in [1.29, 1.82) is 0 Å². The van der Waals surface area contributed by atoms with Gasteiger partial charge >= 0.3 is 5.97 Å². The summed E-state index contributed by atoms with van der Waals surface area (Å²) >= 11 is 0. The number of pyridine rings is 1. The lowest BCUT2D eigenvalue weighted by molar-refractivity contribution is -0.148. The number of nitrogens with zero attached hydrogens (tertiary/aromatic N) is 3. The zero-order chi connectivity index (χ0) is 20.6. The Balaban J connectivity index is 2.13. The number of imidazole rings is 1. The van der Waals surface area contributed by atoms with Crippen molar-refractivity contribution in [1.82, 2.24) is 14.5 Å². The normalized spacial score (nSPS) is 12.0. The number of esters is 1. The van der Waals surface area contributed by atoms with Crippen LogP contribution < -0.4 is 0 Å². The summed E-state index contributed by atoms with van der Waals surface area (Å²) in [4.78, 5) is 21.8. The van der Waals surface area contributed by atoms with Crippen molar-refractivity contribution < 1.29 is 9.53 Å². The first-order valence-electron chi connectivity index (χ1n) is 9.81. The lowest BCUT2D eigenvalue weighted by Crippen LogP contribution is -2.31. The standard InChI is InChI=1S/C23H29N3O2/c1-8-28-22(27)23(6,7)17-9-11-18(12-10-17)26-19-13-15(4)24-16(5)20(19)25-21(26)14(2)3/h9-14H,8H2,1-7H3. The third-order valence-corrected chi connectivity index (χ3v) is 5.12. The summed E-state index contributed by atoms with van der Waals surface area (Å²) in [6, 6.07) is 10.2. The molecule has 0 aliphatic rings. The quantitative estimate of drug-likeness (QED) is 0.585. The van der Waals surface area contributed by atoms with Crippen molar-refractivity contribution in [2.45, 2.75) is 59.8 Å². The van der Waals surface area contributed by atoms with Crippen molar-refractivity contribution >= 4 is 17.0 Å². The second-order valence-corrected chi connectivity index (χ2v) is 8.07. The molecule has 3 rings (SSSR count). The molecule has 0 saturated carbocycles. The van der Waals surface area contributed by atoms with Crippen molar-refractivity contribution in [2.75, 3.05) is 6.61 Å². The molecule has 0 atom stereocenters. The van der Waals surface area contributed by atoms with Crippen LogP contribution in [0, 0.1) is 13.8 Å². The SMILES string of the molecule is CCOC(=O)C(C)(C)c1ccc(-n2c(C(C)C)nc3c(C)nc(C)cc32)cc1. The summed E-state index contributed by atoms with van der Waals surface area (Å²) in [5.74, 6) is 1.06. The molecule has 3 aromatic rings. The van der Waals surface area contributed by atoms with Gasteiger partial charge in [0.05, 0.1) is 23.2 Å². The van der Waals surface area contributed by atoms with Crippen molar-refractivity contribution in [3.8, 4) is 5.69 Å². The third kappa shape index (κ3) is 3.41. The van der Waals surface area contributed by atoms with Gasteiger partial charge in [0.2, 0.25) is 0 Å². The zero-order valence-electron chi connectivity index (χ0n) is 17.8. The Morgan fingerprint density at radius 1 is 1.14 bits per heavy atom. The molecule has 0 aliphatic heterocycles. The van der Waals surface area contributed by atoms with Gasteiger partial charge < -0.3 is 4.74 Å². The van der Waals surface area contributed by atoms with E-state index in [-0.39, 0.29) is 11.9 Å². The van der Waals surface area contributed by atoms with Crippen LogP contribution in [0.25, 0.3) is 16.7 Å². The van der Waals surface area contributed by atoms with Crippen molar-refractivity contribution in [2.24, 2.45) is 0 Å². The van der Waals surface area contributed by atoms with E-state index in [0.717, 1.165) is 39.5 Å². The van der Waals surface area contributed by atoms with Gasteiger partial charge in [0.15, 0.2) is 0 Å². The zero-order valence-corrected chi connectivity index (χ0v) is 17.8.